The van der Waals surface area contributed by atoms with Crippen molar-refractivity contribution in [3.8, 4) is 0 Å². The minimum absolute atomic E-state index is 0. The van der Waals surface area contributed by atoms with E-state index in [0.29, 0.717) is 35.6 Å². The van der Waals surface area contributed by atoms with Crippen molar-refractivity contribution in [3.63, 3.8) is 0 Å². The summed E-state index contributed by atoms with van der Waals surface area (Å²) >= 11 is 0. The smallest absolute Gasteiger partial charge is 0.223 e. The Morgan fingerprint density at radius 2 is 1.67 bits per heavy atom. The zero-order valence-corrected chi connectivity index (χ0v) is 13.8. The van der Waals surface area contributed by atoms with Gasteiger partial charge in [-0.3, -0.25) is 4.79 Å². The van der Waals surface area contributed by atoms with Crippen molar-refractivity contribution >= 4 is 18.3 Å². The summed E-state index contributed by atoms with van der Waals surface area (Å²) < 4.78 is 0. The molecule has 2 unspecified atom stereocenters. The second-order valence-electron chi connectivity index (χ2n) is 8.04. The third-order valence-electron chi connectivity index (χ3n) is 6.68. The van der Waals surface area contributed by atoms with E-state index in [-0.39, 0.29) is 12.4 Å². The van der Waals surface area contributed by atoms with Crippen LogP contribution >= 0.6 is 12.4 Å². The highest BCUT2D eigenvalue weighted by Gasteiger charge is 2.51. The highest BCUT2D eigenvalue weighted by atomic mass is 35.5. The fourth-order valence-corrected chi connectivity index (χ4v) is 5.82. The zero-order chi connectivity index (χ0) is 13.7. The summed E-state index contributed by atoms with van der Waals surface area (Å²) in [5.74, 6) is 4.68. The monoisotopic (exact) mass is 312 g/mol. The van der Waals surface area contributed by atoms with Crippen LogP contribution in [0.25, 0.3) is 0 Å². The topological polar surface area (TPSA) is 41.1 Å². The second-order valence-corrected chi connectivity index (χ2v) is 8.04. The van der Waals surface area contributed by atoms with Crippen LogP contribution < -0.4 is 10.6 Å². The lowest BCUT2D eigenvalue weighted by Gasteiger charge is -2.54. The molecule has 5 fully saturated rings. The Labute approximate surface area is 134 Å². The summed E-state index contributed by atoms with van der Waals surface area (Å²) in [5, 5.41) is 6.82. The van der Waals surface area contributed by atoms with E-state index in [1.54, 1.807) is 0 Å². The van der Waals surface area contributed by atoms with Gasteiger partial charge in [-0.15, -0.1) is 12.4 Å². The Morgan fingerprint density at radius 1 is 1.05 bits per heavy atom. The summed E-state index contributed by atoms with van der Waals surface area (Å²) in [4.78, 5) is 12.8. The molecule has 0 spiro atoms. The van der Waals surface area contributed by atoms with Crippen LogP contribution in [0.3, 0.4) is 0 Å². The van der Waals surface area contributed by atoms with Crippen molar-refractivity contribution in [1.82, 2.24) is 10.6 Å². The van der Waals surface area contributed by atoms with Gasteiger partial charge < -0.3 is 10.6 Å². The van der Waals surface area contributed by atoms with Gasteiger partial charge in [0.25, 0.3) is 0 Å². The predicted molar refractivity (Wildman–Crippen MR) is 86.4 cm³/mol. The molecule has 0 aromatic rings. The van der Waals surface area contributed by atoms with Gasteiger partial charge in [0.05, 0.1) is 0 Å². The first-order valence-corrected chi connectivity index (χ1v) is 8.71. The third-order valence-corrected chi connectivity index (χ3v) is 6.68. The van der Waals surface area contributed by atoms with Gasteiger partial charge in [-0.2, -0.15) is 0 Å². The van der Waals surface area contributed by atoms with Crippen molar-refractivity contribution in [2.75, 3.05) is 13.1 Å². The predicted octanol–water partition coefficient (Wildman–Crippen LogP) is 2.59. The van der Waals surface area contributed by atoms with Gasteiger partial charge in [-0.1, -0.05) is 6.92 Å². The number of carbonyl (C=O) groups excluding carboxylic acids is 1. The molecule has 0 radical (unpaired) electrons. The molecule has 5 aliphatic rings. The van der Waals surface area contributed by atoms with Crippen molar-refractivity contribution in [1.29, 1.82) is 0 Å². The number of rotatable bonds is 2. The Hall–Kier alpha value is -0.280. The fourth-order valence-electron chi connectivity index (χ4n) is 5.82. The molecule has 1 saturated heterocycles. The van der Waals surface area contributed by atoms with Crippen LogP contribution in [0.4, 0.5) is 0 Å². The SMILES string of the molecule is CC1CCNCC1NC(=O)C1C2CC3CC(C2)CC1C3.Cl. The van der Waals surface area contributed by atoms with Crippen molar-refractivity contribution in [2.24, 2.45) is 35.5 Å². The van der Waals surface area contributed by atoms with E-state index in [4.69, 9.17) is 0 Å². The van der Waals surface area contributed by atoms with Crippen LogP contribution in [-0.4, -0.2) is 25.0 Å². The normalized spacial score (nSPS) is 47.8. The van der Waals surface area contributed by atoms with Crippen molar-refractivity contribution in [2.45, 2.75) is 51.5 Å². The fraction of sp³-hybridized carbons (Fsp3) is 0.941. The van der Waals surface area contributed by atoms with E-state index in [2.05, 4.69) is 17.6 Å². The molecule has 1 amide bonds. The highest BCUT2D eigenvalue weighted by molar-refractivity contribution is 5.85. The molecule has 4 aliphatic carbocycles. The zero-order valence-electron chi connectivity index (χ0n) is 13.0. The molecule has 4 saturated carbocycles. The standard InChI is InChI=1S/C17H28N2O.ClH/c1-10-2-3-18-9-15(10)19-17(20)16-13-5-11-4-12(7-13)8-14(16)6-11;/h10-16,18H,2-9H2,1H3,(H,19,20);1H. The average molecular weight is 313 g/mol. The van der Waals surface area contributed by atoms with Crippen molar-refractivity contribution < 1.29 is 4.79 Å². The number of halogens is 1. The number of piperidine rings is 1. The molecule has 2 N–H and O–H groups in total. The molecule has 4 bridgehead atoms. The van der Waals surface area contributed by atoms with E-state index in [1.807, 2.05) is 0 Å². The number of carbonyl (C=O) groups is 1. The van der Waals surface area contributed by atoms with Crippen LogP contribution in [0, 0.1) is 35.5 Å². The van der Waals surface area contributed by atoms with E-state index >= 15 is 0 Å². The van der Waals surface area contributed by atoms with Crippen LogP contribution in [0.1, 0.15) is 45.4 Å². The van der Waals surface area contributed by atoms with E-state index in [0.717, 1.165) is 24.9 Å². The molecular formula is C17H29ClN2O. The first-order chi connectivity index (χ1) is 9.70. The number of nitrogens with one attached hydrogen (secondary N) is 2. The minimum atomic E-state index is 0. The molecule has 3 nitrogen and oxygen atoms in total. The quantitative estimate of drug-likeness (QED) is 0.823. The Balaban J connectivity index is 0.00000132. The minimum Gasteiger partial charge on any atom is -0.352 e. The first-order valence-electron chi connectivity index (χ1n) is 8.71. The lowest BCUT2D eigenvalue weighted by molar-refractivity contribution is -0.139. The van der Waals surface area contributed by atoms with E-state index in [1.165, 1.54) is 38.5 Å². The lowest BCUT2D eigenvalue weighted by atomic mass is 9.51. The lowest BCUT2D eigenvalue weighted by Crippen LogP contribution is -2.56. The van der Waals surface area contributed by atoms with Gasteiger partial charge >= 0.3 is 0 Å². The molecule has 1 aliphatic heterocycles. The van der Waals surface area contributed by atoms with Gasteiger partial charge in [-0.25, -0.2) is 0 Å². The summed E-state index contributed by atoms with van der Waals surface area (Å²) in [5.41, 5.74) is 0. The molecule has 0 aromatic heterocycles. The Kier molecular flexibility index (Phi) is 4.52. The summed E-state index contributed by atoms with van der Waals surface area (Å²) in [6.45, 7) is 4.34. The third kappa shape index (κ3) is 2.84. The summed E-state index contributed by atoms with van der Waals surface area (Å²) in [6, 6.07) is 0.355. The molecule has 21 heavy (non-hydrogen) atoms. The second kappa shape index (κ2) is 6.08. The van der Waals surface area contributed by atoms with Gasteiger partial charge in [0.1, 0.15) is 0 Å². The average Bonchev–Trinajstić information content (AvgIpc) is 2.40. The van der Waals surface area contributed by atoms with Gasteiger partial charge in [-0.05, 0) is 74.7 Å². The number of hydrogen-bond acceptors (Lipinski definition) is 2. The highest BCUT2D eigenvalue weighted by Crippen LogP contribution is 2.56. The maximum absolute atomic E-state index is 12.8. The summed E-state index contributed by atoms with van der Waals surface area (Å²) in [6.07, 6.45) is 8.00. The molecule has 4 heteroatoms. The van der Waals surface area contributed by atoms with Gasteiger partial charge in [0.15, 0.2) is 0 Å². The van der Waals surface area contributed by atoms with Gasteiger partial charge in [0.2, 0.25) is 5.91 Å². The summed E-state index contributed by atoms with van der Waals surface area (Å²) in [7, 11) is 0. The van der Waals surface area contributed by atoms with E-state index in [9.17, 15) is 4.79 Å². The van der Waals surface area contributed by atoms with Crippen LogP contribution in [0.15, 0.2) is 0 Å². The first kappa shape index (κ1) is 15.6. The van der Waals surface area contributed by atoms with Crippen LogP contribution in [-0.2, 0) is 4.79 Å². The van der Waals surface area contributed by atoms with Crippen LogP contribution in [0.2, 0.25) is 0 Å². The maximum Gasteiger partial charge on any atom is 0.223 e. The van der Waals surface area contributed by atoms with Crippen LogP contribution in [0.5, 0.6) is 0 Å². The molecular weight excluding hydrogens is 284 g/mol. The molecule has 0 aromatic carbocycles. The van der Waals surface area contributed by atoms with E-state index < -0.39 is 0 Å². The largest absolute Gasteiger partial charge is 0.352 e. The Bertz CT molecular complexity index is 372. The molecule has 2 atom stereocenters. The van der Waals surface area contributed by atoms with Crippen molar-refractivity contribution in [3.05, 3.63) is 0 Å². The van der Waals surface area contributed by atoms with Gasteiger partial charge in [0, 0.05) is 18.5 Å². The number of hydrogen-bond donors (Lipinski definition) is 2. The maximum atomic E-state index is 12.8. The number of amides is 1. The molecule has 1 heterocycles. The molecule has 120 valence electrons. The molecule has 5 rings (SSSR count). The Morgan fingerprint density at radius 3 is 2.24 bits per heavy atom.